The molecule has 0 aliphatic rings. The molecule has 0 fully saturated rings. The van der Waals surface area contributed by atoms with Crippen LogP contribution in [0.3, 0.4) is 0 Å². The Morgan fingerprint density at radius 2 is 2.00 bits per heavy atom. The highest BCUT2D eigenvalue weighted by atomic mass is 79.9. The second kappa shape index (κ2) is 6.69. The van der Waals surface area contributed by atoms with E-state index in [-0.39, 0.29) is 11.8 Å². The number of halogens is 1. The smallest absolute Gasteiger partial charge is 0.229 e. The summed E-state index contributed by atoms with van der Waals surface area (Å²) in [4.78, 5) is 14.1. The van der Waals surface area contributed by atoms with Crippen LogP contribution in [0, 0.1) is 0 Å². The topological polar surface area (TPSA) is 20.3 Å². The van der Waals surface area contributed by atoms with Gasteiger partial charge in [-0.1, -0.05) is 46.3 Å². The normalized spacial score (nSPS) is 12.2. The first-order valence-corrected chi connectivity index (χ1v) is 6.72. The number of carbonyl (C=O) groups excluding carboxylic acids is 1. The number of nitrogens with zero attached hydrogens (tertiary/aromatic N) is 1. The molecule has 16 heavy (non-hydrogen) atoms. The van der Waals surface area contributed by atoms with Crippen molar-refractivity contribution in [3.8, 4) is 0 Å². The van der Waals surface area contributed by atoms with Crippen molar-refractivity contribution in [3.05, 3.63) is 35.9 Å². The highest BCUT2D eigenvalue weighted by Gasteiger charge is 2.19. The molecule has 0 saturated heterocycles. The molecule has 2 nitrogen and oxygen atoms in total. The van der Waals surface area contributed by atoms with Gasteiger partial charge in [-0.15, -0.1) is 0 Å². The Balaban J connectivity index is 2.73. The summed E-state index contributed by atoms with van der Waals surface area (Å²) in [7, 11) is 0. The van der Waals surface area contributed by atoms with E-state index in [0.717, 1.165) is 24.0 Å². The fraction of sp³-hybridized carbons (Fsp3) is 0.462. The molecule has 0 N–H and O–H groups in total. The molecule has 88 valence electrons. The summed E-state index contributed by atoms with van der Waals surface area (Å²) in [5.74, 6) is 0.147. The lowest BCUT2D eigenvalue weighted by Gasteiger charge is -2.23. The van der Waals surface area contributed by atoms with E-state index < -0.39 is 0 Å². The molecule has 1 aromatic rings. The SMILES string of the molecule is CCN(CCBr)C(=O)C(C)c1ccccc1. The van der Waals surface area contributed by atoms with Crippen LogP contribution in [0.2, 0.25) is 0 Å². The minimum absolute atomic E-state index is 0.0554. The Labute approximate surface area is 106 Å². The van der Waals surface area contributed by atoms with Gasteiger partial charge in [0.25, 0.3) is 0 Å². The molecule has 0 aliphatic carbocycles. The van der Waals surface area contributed by atoms with E-state index in [9.17, 15) is 4.79 Å². The van der Waals surface area contributed by atoms with Gasteiger partial charge < -0.3 is 4.90 Å². The van der Waals surface area contributed by atoms with Gasteiger partial charge in [0.15, 0.2) is 0 Å². The monoisotopic (exact) mass is 283 g/mol. The van der Waals surface area contributed by atoms with Crippen molar-refractivity contribution in [1.29, 1.82) is 0 Å². The lowest BCUT2D eigenvalue weighted by Crippen LogP contribution is -2.35. The first-order valence-electron chi connectivity index (χ1n) is 5.60. The Kier molecular flexibility index (Phi) is 5.53. The number of hydrogen-bond acceptors (Lipinski definition) is 1. The van der Waals surface area contributed by atoms with Crippen LogP contribution in [0.25, 0.3) is 0 Å². The Morgan fingerprint density at radius 3 is 2.50 bits per heavy atom. The standard InChI is InChI=1S/C13H18BrNO/c1-3-15(10-9-14)13(16)11(2)12-7-5-4-6-8-12/h4-8,11H,3,9-10H2,1-2H3. The number of carbonyl (C=O) groups is 1. The van der Waals surface area contributed by atoms with Gasteiger partial charge in [-0.05, 0) is 19.4 Å². The van der Waals surface area contributed by atoms with Gasteiger partial charge in [0.2, 0.25) is 5.91 Å². The molecular weight excluding hydrogens is 266 g/mol. The van der Waals surface area contributed by atoms with E-state index in [2.05, 4.69) is 15.9 Å². The second-order valence-corrected chi connectivity index (χ2v) is 4.53. The fourth-order valence-electron chi connectivity index (χ4n) is 1.68. The average molecular weight is 284 g/mol. The molecule has 0 radical (unpaired) electrons. The molecule has 3 heteroatoms. The van der Waals surface area contributed by atoms with Crippen molar-refractivity contribution < 1.29 is 4.79 Å². The predicted molar refractivity (Wildman–Crippen MR) is 70.9 cm³/mol. The van der Waals surface area contributed by atoms with Crippen LogP contribution in [-0.4, -0.2) is 29.2 Å². The number of amides is 1. The van der Waals surface area contributed by atoms with Crippen LogP contribution in [0.5, 0.6) is 0 Å². The molecule has 1 atom stereocenters. The minimum Gasteiger partial charge on any atom is -0.342 e. The van der Waals surface area contributed by atoms with Crippen LogP contribution >= 0.6 is 15.9 Å². The van der Waals surface area contributed by atoms with Gasteiger partial charge in [0.05, 0.1) is 5.92 Å². The number of alkyl halides is 1. The lowest BCUT2D eigenvalue weighted by atomic mass is 10.00. The van der Waals surface area contributed by atoms with E-state index in [1.807, 2.05) is 49.1 Å². The maximum Gasteiger partial charge on any atom is 0.229 e. The minimum atomic E-state index is -0.0554. The molecule has 0 aliphatic heterocycles. The van der Waals surface area contributed by atoms with Crippen LogP contribution in [0.15, 0.2) is 30.3 Å². The van der Waals surface area contributed by atoms with Crippen LogP contribution < -0.4 is 0 Å². The van der Waals surface area contributed by atoms with Crippen molar-refractivity contribution in [2.75, 3.05) is 18.4 Å². The van der Waals surface area contributed by atoms with Crippen molar-refractivity contribution in [3.63, 3.8) is 0 Å². The summed E-state index contributed by atoms with van der Waals surface area (Å²) >= 11 is 3.37. The summed E-state index contributed by atoms with van der Waals surface area (Å²) in [6.07, 6.45) is 0. The number of rotatable bonds is 5. The van der Waals surface area contributed by atoms with E-state index in [0.29, 0.717) is 0 Å². The third-order valence-electron chi connectivity index (χ3n) is 2.72. The largest absolute Gasteiger partial charge is 0.342 e. The van der Waals surface area contributed by atoms with Crippen molar-refractivity contribution in [2.45, 2.75) is 19.8 Å². The summed E-state index contributed by atoms with van der Waals surface area (Å²) in [5, 5.41) is 0.827. The van der Waals surface area contributed by atoms with Gasteiger partial charge in [0.1, 0.15) is 0 Å². The summed E-state index contributed by atoms with van der Waals surface area (Å²) in [6, 6.07) is 9.92. The Bertz CT molecular complexity index is 326. The fourth-order valence-corrected chi connectivity index (χ4v) is 2.11. The lowest BCUT2D eigenvalue weighted by molar-refractivity contribution is -0.131. The van der Waals surface area contributed by atoms with E-state index in [1.165, 1.54) is 0 Å². The van der Waals surface area contributed by atoms with Crippen molar-refractivity contribution in [2.24, 2.45) is 0 Å². The molecule has 0 spiro atoms. The first kappa shape index (κ1) is 13.2. The molecule has 0 heterocycles. The molecule has 0 aromatic heterocycles. The molecule has 0 bridgehead atoms. The molecular formula is C13H18BrNO. The zero-order chi connectivity index (χ0) is 12.0. The van der Waals surface area contributed by atoms with Crippen LogP contribution in [-0.2, 0) is 4.79 Å². The summed E-state index contributed by atoms with van der Waals surface area (Å²) < 4.78 is 0. The van der Waals surface area contributed by atoms with E-state index in [1.54, 1.807) is 0 Å². The second-order valence-electron chi connectivity index (χ2n) is 3.74. The highest BCUT2D eigenvalue weighted by molar-refractivity contribution is 9.09. The van der Waals surface area contributed by atoms with Gasteiger partial charge in [-0.25, -0.2) is 0 Å². The molecule has 1 amide bonds. The van der Waals surface area contributed by atoms with Gasteiger partial charge in [-0.3, -0.25) is 4.79 Å². The summed E-state index contributed by atoms with van der Waals surface area (Å²) in [6.45, 7) is 5.51. The quantitative estimate of drug-likeness (QED) is 0.761. The maximum atomic E-state index is 12.2. The Hall–Kier alpha value is -0.830. The highest BCUT2D eigenvalue weighted by Crippen LogP contribution is 2.17. The first-order chi connectivity index (χ1) is 7.70. The van der Waals surface area contributed by atoms with Crippen molar-refractivity contribution in [1.82, 2.24) is 4.90 Å². The maximum absolute atomic E-state index is 12.2. The molecule has 0 saturated carbocycles. The molecule has 1 aromatic carbocycles. The summed E-state index contributed by atoms with van der Waals surface area (Å²) in [5.41, 5.74) is 1.08. The average Bonchev–Trinajstić information content (AvgIpc) is 2.35. The number of hydrogen-bond donors (Lipinski definition) is 0. The van der Waals surface area contributed by atoms with Gasteiger partial charge in [0, 0.05) is 18.4 Å². The van der Waals surface area contributed by atoms with Gasteiger partial charge >= 0.3 is 0 Å². The van der Waals surface area contributed by atoms with E-state index >= 15 is 0 Å². The molecule has 1 rings (SSSR count). The zero-order valence-electron chi connectivity index (χ0n) is 9.82. The van der Waals surface area contributed by atoms with Crippen LogP contribution in [0.1, 0.15) is 25.3 Å². The third-order valence-corrected chi connectivity index (χ3v) is 3.07. The predicted octanol–water partition coefficient (Wildman–Crippen LogP) is 3.03. The number of benzene rings is 1. The number of likely N-dealkylation sites (N-methyl/N-ethyl adjacent to an activating group) is 1. The Morgan fingerprint density at radius 1 is 1.38 bits per heavy atom. The molecule has 1 unspecified atom stereocenters. The zero-order valence-corrected chi connectivity index (χ0v) is 11.4. The van der Waals surface area contributed by atoms with E-state index in [4.69, 9.17) is 0 Å². The van der Waals surface area contributed by atoms with Gasteiger partial charge in [-0.2, -0.15) is 0 Å². The van der Waals surface area contributed by atoms with Crippen molar-refractivity contribution >= 4 is 21.8 Å². The third kappa shape index (κ3) is 3.34. The van der Waals surface area contributed by atoms with Crippen LogP contribution in [0.4, 0.5) is 0 Å².